The Morgan fingerprint density at radius 2 is 2.15 bits per heavy atom. The molecule has 2 rings (SSSR count). The van der Waals surface area contributed by atoms with Gasteiger partial charge in [-0.25, -0.2) is 4.98 Å². The zero-order chi connectivity index (χ0) is 19.9. The number of aromatic nitrogens is 1. The molecule has 0 aromatic carbocycles. The molecule has 1 aromatic rings. The number of nitrogens with one attached hydrogen (secondary N) is 2. The molecule has 3 atom stereocenters. The van der Waals surface area contributed by atoms with E-state index < -0.39 is 11.7 Å². The van der Waals surface area contributed by atoms with Crippen LogP contribution < -0.4 is 10.6 Å². The first kappa shape index (κ1) is 21.4. The summed E-state index contributed by atoms with van der Waals surface area (Å²) in [5.74, 6) is 0.0264. The van der Waals surface area contributed by atoms with Crippen LogP contribution in [0.5, 0.6) is 0 Å². The Hall–Kier alpha value is -1.87. The van der Waals surface area contributed by atoms with Crippen molar-refractivity contribution in [1.82, 2.24) is 10.3 Å². The van der Waals surface area contributed by atoms with Gasteiger partial charge < -0.3 is 20.5 Å². The van der Waals surface area contributed by atoms with E-state index in [9.17, 15) is 18.0 Å². The molecule has 152 valence electrons. The van der Waals surface area contributed by atoms with Gasteiger partial charge in [-0.15, -0.1) is 0 Å². The van der Waals surface area contributed by atoms with Crippen molar-refractivity contribution < 1.29 is 27.8 Å². The highest BCUT2D eigenvalue weighted by atomic mass is 19.4. The number of anilines is 1. The molecule has 3 N–H and O–H groups in total. The first-order chi connectivity index (χ1) is 12.8. The van der Waals surface area contributed by atoms with Crippen LogP contribution in [0.1, 0.15) is 38.2 Å². The first-order valence-corrected chi connectivity index (χ1v) is 9.15. The van der Waals surface area contributed by atoms with Crippen LogP contribution in [0.15, 0.2) is 18.3 Å². The van der Waals surface area contributed by atoms with Crippen molar-refractivity contribution in [2.75, 3.05) is 25.1 Å². The van der Waals surface area contributed by atoms with Crippen LogP contribution in [0.4, 0.5) is 19.0 Å². The molecule has 1 heterocycles. The lowest BCUT2D eigenvalue weighted by atomic mass is 9.83. The lowest BCUT2D eigenvalue weighted by Gasteiger charge is -2.36. The number of rotatable bonds is 8. The third-order valence-corrected chi connectivity index (χ3v) is 4.53. The van der Waals surface area contributed by atoms with Gasteiger partial charge in [-0.1, -0.05) is 6.92 Å². The number of carbonyl (C=O) groups excluding carboxylic acids is 1. The number of hydrogen-bond acceptors (Lipinski definition) is 5. The average molecular weight is 389 g/mol. The fourth-order valence-corrected chi connectivity index (χ4v) is 3.15. The Morgan fingerprint density at radius 1 is 1.37 bits per heavy atom. The van der Waals surface area contributed by atoms with E-state index in [1.165, 1.54) is 6.07 Å². The van der Waals surface area contributed by atoms with Crippen molar-refractivity contribution >= 4 is 11.7 Å². The van der Waals surface area contributed by atoms with Gasteiger partial charge in [0.25, 0.3) is 0 Å². The molecule has 1 saturated carbocycles. The number of amides is 1. The normalized spacial score (nSPS) is 23.1. The molecule has 6 nitrogen and oxygen atoms in total. The highest BCUT2D eigenvalue weighted by molar-refractivity contribution is 5.78. The van der Waals surface area contributed by atoms with E-state index in [4.69, 9.17) is 9.84 Å². The summed E-state index contributed by atoms with van der Waals surface area (Å²) in [6, 6.07) is 2.16. The quantitative estimate of drug-likeness (QED) is 0.637. The molecule has 0 bridgehead atoms. The minimum absolute atomic E-state index is 0.111. The van der Waals surface area contributed by atoms with Crippen LogP contribution >= 0.6 is 0 Å². The number of aliphatic hydroxyl groups is 1. The van der Waals surface area contributed by atoms with Crippen molar-refractivity contribution in [2.24, 2.45) is 5.92 Å². The highest BCUT2D eigenvalue weighted by Crippen LogP contribution is 2.31. The van der Waals surface area contributed by atoms with Gasteiger partial charge in [-0.05, 0) is 37.8 Å². The summed E-state index contributed by atoms with van der Waals surface area (Å²) < 4.78 is 43.8. The predicted octanol–water partition coefficient (Wildman–Crippen LogP) is 2.58. The van der Waals surface area contributed by atoms with Gasteiger partial charge in [-0.2, -0.15) is 13.2 Å². The van der Waals surface area contributed by atoms with Gasteiger partial charge in [0.2, 0.25) is 5.91 Å². The van der Waals surface area contributed by atoms with E-state index in [-0.39, 0.29) is 37.1 Å². The Kier molecular flexibility index (Phi) is 7.85. The molecule has 0 radical (unpaired) electrons. The number of carbonyl (C=O) groups is 1. The van der Waals surface area contributed by atoms with E-state index in [2.05, 4.69) is 15.6 Å². The van der Waals surface area contributed by atoms with Crippen molar-refractivity contribution in [3.63, 3.8) is 0 Å². The smallest absolute Gasteiger partial charge is 0.395 e. The molecule has 9 heteroatoms. The summed E-state index contributed by atoms with van der Waals surface area (Å²) in [4.78, 5) is 16.0. The van der Waals surface area contributed by atoms with Gasteiger partial charge in [0, 0.05) is 25.3 Å². The van der Waals surface area contributed by atoms with Crippen molar-refractivity contribution in [1.29, 1.82) is 0 Å². The van der Waals surface area contributed by atoms with Crippen LogP contribution in [0.25, 0.3) is 0 Å². The van der Waals surface area contributed by atoms with Crippen LogP contribution in [-0.4, -0.2) is 47.9 Å². The fourth-order valence-electron chi connectivity index (χ4n) is 3.15. The lowest BCUT2D eigenvalue weighted by molar-refractivity contribution is -0.137. The number of ether oxygens (including phenoxy) is 1. The second-order valence-electron chi connectivity index (χ2n) is 6.61. The molecule has 0 unspecified atom stereocenters. The number of pyridine rings is 1. The van der Waals surface area contributed by atoms with E-state index in [1.807, 2.05) is 6.92 Å². The number of nitrogens with zero attached hydrogens (tertiary/aromatic N) is 1. The Morgan fingerprint density at radius 3 is 2.74 bits per heavy atom. The van der Waals surface area contributed by atoms with Crippen LogP contribution in [0, 0.1) is 5.92 Å². The van der Waals surface area contributed by atoms with Gasteiger partial charge in [0.05, 0.1) is 24.3 Å². The summed E-state index contributed by atoms with van der Waals surface area (Å²) >= 11 is 0. The third kappa shape index (κ3) is 6.35. The molecular weight excluding hydrogens is 363 g/mol. The van der Waals surface area contributed by atoms with Crippen molar-refractivity contribution in [3.05, 3.63) is 23.9 Å². The molecule has 1 aromatic heterocycles. The Balaban J connectivity index is 2.01. The third-order valence-electron chi connectivity index (χ3n) is 4.53. The molecule has 1 fully saturated rings. The number of aliphatic hydroxyl groups excluding tert-OH is 1. The van der Waals surface area contributed by atoms with E-state index >= 15 is 0 Å². The molecule has 1 aliphatic carbocycles. The summed E-state index contributed by atoms with van der Waals surface area (Å²) in [6.45, 7) is 2.62. The number of halogens is 3. The van der Waals surface area contributed by atoms with Gasteiger partial charge in [-0.3, -0.25) is 4.79 Å². The van der Waals surface area contributed by atoms with Crippen LogP contribution in [0.3, 0.4) is 0 Å². The van der Waals surface area contributed by atoms with E-state index in [1.54, 1.807) is 0 Å². The van der Waals surface area contributed by atoms with Gasteiger partial charge >= 0.3 is 6.18 Å². The summed E-state index contributed by atoms with van der Waals surface area (Å²) in [6.07, 6.45) is -1.27. The molecule has 1 amide bonds. The molecule has 1 aliphatic rings. The van der Waals surface area contributed by atoms with Crippen LogP contribution in [0.2, 0.25) is 0 Å². The van der Waals surface area contributed by atoms with Crippen molar-refractivity contribution in [2.45, 2.75) is 50.9 Å². The second kappa shape index (κ2) is 9.89. The van der Waals surface area contributed by atoms with Gasteiger partial charge in [0.1, 0.15) is 5.82 Å². The van der Waals surface area contributed by atoms with E-state index in [0.717, 1.165) is 18.7 Å². The fraction of sp³-hybridized carbons (Fsp3) is 0.667. The topological polar surface area (TPSA) is 83.5 Å². The van der Waals surface area contributed by atoms with Crippen molar-refractivity contribution in [3.8, 4) is 0 Å². The molecular formula is C18H26F3N3O3. The summed E-state index contributed by atoms with van der Waals surface area (Å²) in [7, 11) is 0. The second-order valence-corrected chi connectivity index (χ2v) is 6.61. The first-order valence-electron chi connectivity index (χ1n) is 9.15. The SMILES string of the molecule is CCCO[C@H]1C[C@@H](C(=O)NCCO)CC[C@@H]1Nc1ccc(C(F)(F)F)cn1. The predicted molar refractivity (Wildman–Crippen MR) is 94.1 cm³/mol. The maximum atomic E-state index is 12.7. The Bertz CT molecular complexity index is 596. The van der Waals surface area contributed by atoms with Crippen LogP contribution in [-0.2, 0) is 15.7 Å². The number of hydrogen-bond donors (Lipinski definition) is 3. The summed E-state index contributed by atoms with van der Waals surface area (Å²) in [5, 5.41) is 14.7. The zero-order valence-electron chi connectivity index (χ0n) is 15.3. The minimum atomic E-state index is -4.42. The maximum Gasteiger partial charge on any atom is 0.417 e. The highest BCUT2D eigenvalue weighted by Gasteiger charge is 2.35. The standard InChI is InChI=1S/C18H26F3N3O3/c1-2-9-27-15-10-12(17(26)22-7-8-25)3-5-14(15)24-16-6-4-13(11-23-16)18(19,20)21/h4,6,11-12,14-15,25H,2-3,5,7-10H2,1H3,(H,22,26)(H,23,24)/t12-,14-,15-/m0/s1. The minimum Gasteiger partial charge on any atom is -0.395 e. The Labute approximate surface area is 156 Å². The summed E-state index contributed by atoms with van der Waals surface area (Å²) in [5.41, 5.74) is -0.795. The molecule has 0 aliphatic heterocycles. The molecule has 0 spiro atoms. The zero-order valence-corrected chi connectivity index (χ0v) is 15.3. The van der Waals surface area contributed by atoms with E-state index in [0.29, 0.717) is 31.7 Å². The molecule has 0 saturated heterocycles. The molecule has 27 heavy (non-hydrogen) atoms. The maximum absolute atomic E-state index is 12.7. The monoisotopic (exact) mass is 389 g/mol. The lowest BCUT2D eigenvalue weighted by Crippen LogP contribution is -2.45. The van der Waals surface area contributed by atoms with Gasteiger partial charge in [0.15, 0.2) is 0 Å². The number of alkyl halides is 3. The largest absolute Gasteiger partial charge is 0.417 e. The average Bonchev–Trinajstić information content (AvgIpc) is 2.65.